The summed E-state index contributed by atoms with van der Waals surface area (Å²) in [7, 11) is 1.95. The molecule has 4 rings (SSSR count). The molecule has 3 aliphatic rings. The van der Waals surface area contributed by atoms with Gasteiger partial charge in [-0.1, -0.05) is 24.3 Å². The molecule has 29 heavy (non-hydrogen) atoms. The summed E-state index contributed by atoms with van der Waals surface area (Å²) in [6.07, 6.45) is 5.53. The lowest BCUT2D eigenvalue weighted by atomic mass is 9.87. The average molecular weight is 399 g/mol. The minimum absolute atomic E-state index is 0.0881. The number of likely N-dealkylation sites (N-methyl/N-ethyl adjacent to an activating group) is 1. The van der Waals surface area contributed by atoms with E-state index >= 15 is 0 Å². The lowest BCUT2D eigenvalue weighted by molar-refractivity contribution is -0.135. The molecule has 2 amide bonds. The predicted molar refractivity (Wildman–Crippen MR) is 114 cm³/mol. The van der Waals surface area contributed by atoms with Crippen molar-refractivity contribution in [3.8, 4) is 0 Å². The second-order valence-electron chi connectivity index (χ2n) is 8.88. The Balaban J connectivity index is 1.27. The fourth-order valence-corrected chi connectivity index (χ4v) is 4.63. The number of hydrogen-bond donors (Lipinski definition) is 1. The number of piperazine rings is 1. The van der Waals surface area contributed by atoms with Crippen LogP contribution in [0, 0.1) is 0 Å². The Bertz CT molecular complexity index is 740. The van der Waals surface area contributed by atoms with Gasteiger partial charge in [-0.2, -0.15) is 0 Å². The Morgan fingerprint density at radius 2 is 1.86 bits per heavy atom. The highest BCUT2D eigenvalue weighted by Gasteiger charge is 2.31. The highest BCUT2D eigenvalue weighted by atomic mass is 16.2. The van der Waals surface area contributed by atoms with Gasteiger partial charge in [-0.25, -0.2) is 0 Å². The number of fused-ring (bicyclic) bond motifs is 1. The molecule has 0 aromatic heterocycles. The Morgan fingerprint density at radius 1 is 1.14 bits per heavy atom. The first-order valence-electron chi connectivity index (χ1n) is 11.1. The van der Waals surface area contributed by atoms with Crippen LogP contribution in [0.1, 0.15) is 49.8 Å². The van der Waals surface area contributed by atoms with Crippen molar-refractivity contribution in [2.24, 2.45) is 0 Å². The van der Waals surface area contributed by atoms with E-state index in [0.29, 0.717) is 12.6 Å². The van der Waals surface area contributed by atoms with E-state index in [2.05, 4.69) is 39.4 Å². The second-order valence-corrected chi connectivity index (χ2v) is 8.88. The normalized spacial score (nSPS) is 23.9. The minimum atomic E-state index is -0.0881. The number of carbonyl (C=O) groups is 2. The third-order valence-corrected chi connectivity index (χ3v) is 6.82. The highest BCUT2D eigenvalue weighted by molar-refractivity contribution is 5.82. The van der Waals surface area contributed by atoms with Crippen LogP contribution >= 0.6 is 0 Å². The predicted octanol–water partition coefficient (Wildman–Crippen LogP) is 1.81. The van der Waals surface area contributed by atoms with Crippen LogP contribution in [0.5, 0.6) is 0 Å². The van der Waals surface area contributed by atoms with Crippen LogP contribution in [0.25, 0.3) is 0 Å². The van der Waals surface area contributed by atoms with Crippen molar-refractivity contribution < 1.29 is 9.59 Å². The first kappa shape index (κ1) is 20.4. The van der Waals surface area contributed by atoms with Gasteiger partial charge in [-0.3, -0.25) is 19.4 Å². The Kier molecular flexibility index (Phi) is 6.20. The lowest BCUT2D eigenvalue weighted by Gasteiger charge is -2.39. The number of rotatable bonds is 6. The molecule has 1 aliphatic heterocycles. The Hall–Kier alpha value is -1.92. The van der Waals surface area contributed by atoms with Crippen LogP contribution in [-0.2, 0) is 16.0 Å². The van der Waals surface area contributed by atoms with Crippen LogP contribution in [-0.4, -0.2) is 78.4 Å². The maximum atomic E-state index is 13.0. The number of carbonyl (C=O) groups excluding carboxylic acids is 2. The van der Waals surface area contributed by atoms with E-state index in [0.717, 1.165) is 58.3 Å². The van der Waals surface area contributed by atoms with Crippen molar-refractivity contribution in [1.82, 2.24) is 20.0 Å². The molecule has 6 heteroatoms. The Morgan fingerprint density at radius 3 is 2.59 bits per heavy atom. The minimum Gasteiger partial charge on any atom is -0.352 e. The molecule has 1 saturated heterocycles. The molecule has 0 spiro atoms. The van der Waals surface area contributed by atoms with Crippen molar-refractivity contribution >= 4 is 11.8 Å². The topological polar surface area (TPSA) is 55.9 Å². The molecule has 6 nitrogen and oxygen atoms in total. The van der Waals surface area contributed by atoms with Gasteiger partial charge >= 0.3 is 0 Å². The summed E-state index contributed by atoms with van der Waals surface area (Å²) in [6, 6.07) is 9.05. The second kappa shape index (κ2) is 8.84. The SMILES string of the molecule is CC(C(=O)NC1CC1)N1CCN(CC(=O)N(C)C2CCCc3ccccc32)CC1. The molecule has 1 saturated carbocycles. The monoisotopic (exact) mass is 398 g/mol. The summed E-state index contributed by atoms with van der Waals surface area (Å²) in [4.78, 5) is 31.7. The van der Waals surface area contributed by atoms with E-state index in [4.69, 9.17) is 0 Å². The molecule has 1 N–H and O–H groups in total. The van der Waals surface area contributed by atoms with Gasteiger partial charge in [0, 0.05) is 39.3 Å². The maximum absolute atomic E-state index is 13.0. The van der Waals surface area contributed by atoms with E-state index in [1.54, 1.807) is 0 Å². The molecule has 158 valence electrons. The third-order valence-electron chi connectivity index (χ3n) is 6.82. The summed E-state index contributed by atoms with van der Waals surface area (Å²) in [5.41, 5.74) is 2.70. The molecule has 0 bridgehead atoms. The summed E-state index contributed by atoms with van der Waals surface area (Å²) in [5.74, 6) is 0.340. The summed E-state index contributed by atoms with van der Waals surface area (Å²) >= 11 is 0. The lowest BCUT2D eigenvalue weighted by Crippen LogP contribution is -2.55. The third kappa shape index (κ3) is 4.81. The van der Waals surface area contributed by atoms with Crippen LogP contribution in [0.4, 0.5) is 0 Å². The van der Waals surface area contributed by atoms with Crippen LogP contribution in [0.15, 0.2) is 24.3 Å². The molecule has 0 radical (unpaired) electrons. The molecule has 1 heterocycles. The van der Waals surface area contributed by atoms with Crippen molar-refractivity contribution in [3.63, 3.8) is 0 Å². The van der Waals surface area contributed by atoms with Crippen molar-refractivity contribution in [1.29, 1.82) is 0 Å². The average Bonchev–Trinajstić information content (AvgIpc) is 3.56. The van der Waals surface area contributed by atoms with Gasteiger partial charge in [0.25, 0.3) is 0 Å². The largest absolute Gasteiger partial charge is 0.352 e. The quantitative estimate of drug-likeness (QED) is 0.794. The molecule has 2 unspecified atom stereocenters. The van der Waals surface area contributed by atoms with E-state index in [1.807, 2.05) is 18.9 Å². The van der Waals surface area contributed by atoms with Crippen molar-refractivity contribution in [3.05, 3.63) is 35.4 Å². The standard InChI is InChI=1S/C23H34N4O2/c1-17(23(29)24-19-10-11-19)27-14-12-26(13-15-27)16-22(28)25(2)21-9-5-7-18-6-3-4-8-20(18)21/h3-4,6,8,17,19,21H,5,7,9-16H2,1-2H3,(H,24,29). The molecule has 2 fully saturated rings. The number of nitrogens with one attached hydrogen (secondary N) is 1. The molecule has 1 aromatic carbocycles. The number of aryl methyl sites for hydroxylation is 1. The van der Waals surface area contributed by atoms with Gasteiger partial charge in [0.15, 0.2) is 0 Å². The van der Waals surface area contributed by atoms with Crippen molar-refractivity contribution in [2.75, 3.05) is 39.8 Å². The molecule has 2 aliphatic carbocycles. The van der Waals surface area contributed by atoms with Gasteiger partial charge in [-0.15, -0.1) is 0 Å². The summed E-state index contributed by atoms with van der Waals surface area (Å²) in [5, 5.41) is 3.10. The number of hydrogen-bond acceptors (Lipinski definition) is 4. The van der Waals surface area contributed by atoms with E-state index in [1.165, 1.54) is 11.1 Å². The highest BCUT2D eigenvalue weighted by Crippen LogP contribution is 2.33. The van der Waals surface area contributed by atoms with E-state index in [-0.39, 0.29) is 23.9 Å². The van der Waals surface area contributed by atoms with Gasteiger partial charge < -0.3 is 10.2 Å². The van der Waals surface area contributed by atoms with Crippen LogP contribution in [0.2, 0.25) is 0 Å². The van der Waals surface area contributed by atoms with Crippen LogP contribution in [0.3, 0.4) is 0 Å². The zero-order chi connectivity index (χ0) is 20.4. The number of benzene rings is 1. The fraction of sp³-hybridized carbons (Fsp3) is 0.652. The molecule has 1 aromatic rings. The fourth-order valence-electron chi connectivity index (χ4n) is 4.63. The summed E-state index contributed by atoms with van der Waals surface area (Å²) in [6.45, 7) is 5.80. The summed E-state index contributed by atoms with van der Waals surface area (Å²) < 4.78 is 0. The Labute approximate surface area is 174 Å². The number of nitrogens with zero attached hydrogens (tertiary/aromatic N) is 3. The molecular weight excluding hydrogens is 364 g/mol. The van der Waals surface area contributed by atoms with Crippen LogP contribution < -0.4 is 5.32 Å². The smallest absolute Gasteiger partial charge is 0.237 e. The zero-order valence-electron chi connectivity index (χ0n) is 17.8. The molecule has 2 atom stereocenters. The van der Waals surface area contributed by atoms with E-state index in [9.17, 15) is 9.59 Å². The van der Waals surface area contributed by atoms with Gasteiger partial charge in [0.1, 0.15) is 0 Å². The first-order valence-corrected chi connectivity index (χ1v) is 11.1. The maximum Gasteiger partial charge on any atom is 0.237 e. The zero-order valence-corrected chi connectivity index (χ0v) is 17.8. The molecular formula is C23H34N4O2. The van der Waals surface area contributed by atoms with Gasteiger partial charge in [0.05, 0.1) is 18.6 Å². The van der Waals surface area contributed by atoms with Gasteiger partial charge in [0.2, 0.25) is 11.8 Å². The van der Waals surface area contributed by atoms with Crippen molar-refractivity contribution in [2.45, 2.75) is 57.2 Å². The first-order chi connectivity index (χ1) is 14.0. The van der Waals surface area contributed by atoms with E-state index < -0.39 is 0 Å². The number of amides is 2. The van der Waals surface area contributed by atoms with Gasteiger partial charge in [-0.05, 0) is 50.2 Å².